The van der Waals surface area contributed by atoms with Gasteiger partial charge in [-0.05, 0) is 37.1 Å². The molecule has 1 heterocycles. The van der Waals surface area contributed by atoms with Crippen LogP contribution in [-0.4, -0.2) is 42.2 Å². The highest BCUT2D eigenvalue weighted by Gasteiger charge is 2.28. The first kappa shape index (κ1) is 18.6. The number of ether oxygens (including phenoxy) is 1. The number of likely N-dealkylation sites (tertiary alicyclic amines) is 1. The molecule has 0 saturated carbocycles. The first-order valence-corrected chi connectivity index (χ1v) is 8.94. The molecule has 27 heavy (non-hydrogen) atoms. The minimum Gasteiger partial charge on any atom is -0.484 e. The first-order valence-electron chi connectivity index (χ1n) is 8.94. The number of piperidine rings is 1. The number of nitrogens with zero attached hydrogens (tertiary/aromatic N) is 1. The second-order valence-electron chi connectivity index (χ2n) is 6.58. The molecular weight excluding hydrogens is 344 g/mol. The number of hydrogen-bond acceptors (Lipinski definition) is 4. The lowest BCUT2D eigenvalue weighted by atomic mass is 9.88. The average molecular weight is 366 g/mol. The van der Waals surface area contributed by atoms with Gasteiger partial charge in [0.25, 0.3) is 11.8 Å². The summed E-state index contributed by atoms with van der Waals surface area (Å²) in [5.74, 6) is -0.0256. The molecule has 1 aliphatic rings. The summed E-state index contributed by atoms with van der Waals surface area (Å²) in [6, 6.07) is 15.9. The van der Waals surface area contributed by atoms with Crippen LogP contribution < -0.4 is 10.5 Å². The third-order valence-electron chi connectivity index (χ3n) is 4.69. The Kier molecular flexibility index (Phi) is 5.86. The molecule has 0 bridgehead atoms. The van der Waals surface area contributed by atoms with Crippen molar-refractivity contribution in [2.75, 3.05) is 19.7 Å². The minimum atomic E-state index is -0.553. The summed E-state index contributed by atoms with van der Waals surface area (Å²) in [5.41, 5.74) is 6.32. The Morgan fingerprint density at radius 2 is 1.56 bits per heavy atom. The highest BCUT2D eigenvalue weighted by Crippen LogP contribution is 2.23. The molecule has 2 N–H and O–H groups in total. The molecule has 6 heteroatoms. The van der Waals surface area contributed by atoms with Crippen LogP contribution in [0.2, 0.25) is 0 Å². The van der Waals surface area contributed by atoms with Gasteiger partial charge < -0.3 is 15.4 Å². The lowest BCUT2D eigenvalue weighted by Gasteiger charge is -2.31. The van der Waals surface area contributed by atoms with E-state index in [1.165, 1.54) is 0 Å². The fraction of sp³-hybridized carbons (Fsp3) is 0.286. The molecule has 140 valence electrons. The molecule has 0 aromatic heterocycles. The van der Waals surface area contributed by atoms with Gasteiger partial charge in [0.05, 0.1) is 0 Å². The molecule has 2 aromatic rings. The Bertz CT molecular complexity index is 810. The smallest absolute Gasteiger partial charge is 0.255 e. The van der Waals surface area contributed by atoms with E-state index >= 15 is 0 Å². The zero-order valence-corrected chi connectivity index (χ0v) is 15.0. The summed E-state index contributed by atoms with van der Waals surface area (Å²) in [7, 11) is 0. The number of carbonyl (C=O) groups is 3. The molecule has 2 aromatic carbocycles. The van der Waals surface area contributed by atoms with E-state index in [0.717, 1.165) is 5.56 Å². The summed E-state index contributed by atoms with van der Waals surface area (Å²) in [4.78, 5) is 37.7. The summed E-state index contributed by atoms with van der Waals surface area (Å²) < 4.78 is 5.19. The Morgan fingerprint density at radius 3 is 2.15 bits per heavy atom. The fourth-order valence-electron chi connectivity index (χ4n) is 3.21. The molecule has 6 nitrogen and oxygen atoms in total. The maximum absolute atomic E-state index is 12.6. The molecular formula is C21H22N2O4. The van der Waals surface area contributed by atoms with E-state index in [1.807, 2.05) is 30.3 Å². The number of rotatable bonds is 6. The van der Waals surface area contributed by atoms with Gasteiger partial charge in [-0.15, -0.1) is 0 Å². The molecule has 0 radical (unpaired) electrons. The second-order valence-corrected chi connectivity index (χ2v) is 6.58. The van der Waals surface area contributed by atoms with Crippen LogP contribution in [0.1, 0.15) is 33.6 Å². The Balaban J connectivity index is 1.55. The van der Waals surface area contributed by atoms with E-state index in [1.54, 1.807) is 29.2 Å². The molecule has 1 saturated heterocycles. The molecule has 2 amide bonds. The summed E-state index contributed by atoms with van der Waals surface area (Å²) in [6.07, 6.45) is 1.33. The fourth-order valence-corrected chi connectivity index (χ4v) is 3.21. The normalized spacial score (nSPS) is 14.6. The van der Waals surface area contributed by atoms with Crippen LogP contribution >= 0.6 is 0 Å². The second kappa shape index (κ2) is 8.49. The summed E-state index contributed by atoms with van der Waals surface area (Å²) in [6.45, 7) is 0.917. The van der Waals surface area contributed by atoms with Crippen molar-refractivity contribution >= 4 is 17.6 Å². The number of carbonyl (C=O) groups excluding carboxylic acids is 3. The standard InChI is InChI=1S/C21H22N2O4/c22-19(24)14-27-18-8-6-17(7-9-18)21(26)23-12-10-16(11-13-23)20(25)15-4-2-1-3-5-15/h1-9,16H,10-14H2,(H2,22,24). The van der Waals surface area contributed by atoms with Crippen LogP contribution in [0.25, 0.3) is 0 Å². The zero-order valence-electron chi connectivity index (χ0n) is 15.0. The van der Waals surface area contributed by atoms with Crippen LogP contribution in [0.3, 0.4) is 0 Å². The molecule has 1 aliphatic heterocycles. The van der Waals surface area contributed by atoms with Crippen LogP contribution in [0, 0.1) is 5.92 Å². The number of amides is 2. The lowest BCUT2D eigenvalue weighted by Crippen LogP contribution is -2.40. The maximum Gasteiger partial charge on any atom is 0.255 e. The largest absolute Gasteiger partial charge is 0.484 e. The van der Waals surface area contributed by atoms with E-state index in [4.69, 9.17) is 10.5 Å². The number of nitrogens with two attached hydrogens (primary N) is 1. The van der Waals surface area contributed by atoms with E-state index in [9.17, 15) is 14.4 Å². The molecule has 3 rings (SSSR count). The van der Waals surface area contributed by atoms with Crippen molar-refractivity contribution in [2.45, 2.75) is 12.8 Å². The predicted molar refractivity (Wildman–Crippen MR) is 101 cm³/mol. The Labute approximate surface area is 157 Å². The third kappa shape index (κ3) is 4.73. The minimum absolute atomic E-state index is 0.0407. The number of hydrogen-bond donors (Lipinski definition) is 1. The lowest BCUT2D eigenvalue weighted by molar-refractivity contribution is -0.119. The van der Waals surface area contributed by atoms with Gasteiger partial charge in [0.15, 0.2) is 12.4 Å². The van der Waals surface area contributed by atoms with Crippen molar-refractivity contribution in [1.29, 1.82) is 0 Å². The molecule has 0 atom stereocenters. The van der Waals surface area contributed by atoms with Gasteiger partial charge in [-0.3, -0.25) is 14.4 Å². The SMILES string of the molecule is NC(=O)COc1ccc(C(=O)N2CCC(C(=O)c3ccccc3)CC2)cc1. The van der Waals surface area contributed by atoms with Crippen molar-refractivity contribution in [1.82, 2.24) is 4.90 Å². The van der Waals surface area contributed by atoms with Crippen LogP contribution in [0.15, 0.2) is 54.6 Å². The number of ketones is 1. The maximum atomic E-state index is 12.6. The Morgan fingerprint density at radius 1 is 0.926 bits per heavy atom. The quantitative estimate of drug-likeness (QED) is 0.794. The van der Waals surface area contributed by atoms with E-state index in [-0.39, 0.29) is 24.2 Å². The topological polar surface area (TPSA) is 89.7 Å². The van der Waals surface area contributed by atoms with Crippen LogP contribution in [0.4, 0.5) is 0 Å². The monoisotopic (exact) mass is 366 g/mol. The van der Waals surface area contributed by atoms with Gasteiger partial charge in [-0.2, -0.15) is 0 Å². The molecule has 0 aliphatic carbocycles. The average Bonchev–Trinajstić information content (AvgIpc) is 2.72. The third-order valence-corrected chi connectivity index (χ3v) is 4.69. The zero-order chi connectivity index (χ0) is 19.2. The predicted octanol–water partition coefficient (Wildman–Crippen LogP) is 2.29. The van der Waals surface area contributed by atoms with Gasteiger partial charge in [0.2, 0.25) is 0 Å². The molecule has 0 spiro atoms. The summed E-state index contributed by atoms with van der Waals surface area (Å²) in [5, 5.41) is 0. The highest BCUT2D eigenvalue weighted by molar-refractivity contribution is 5.98. The number of Topliss-reactive ketones (excluding diaryl/α,β-unsaturated/α-hetero) is 1. The summed E-state index contributed by atoms with van der Waals surface area (Å²) >= 11 is 0. The molecule has 1 fully saturated rings. The van der Waals surface area contributed by atoms with E-state index < -0.39 is 5.91 Å². The van der Waals surface area contributed by atoms with Crippen molar-refractivity contribution in [3.8, 4) is 5.75 Å². The van der Waals surface area contributed by atoms with Gasteiger partial charge in [0, 0.05) is 30.1 Å². The van der Waals surface area contributed by atoms with Crippen molar-refractivity contribution < 1.29 is 19.1 Å². The van der Waals surface area contributed by atoms with Crippen molar-refractivity contribution in [3.63, 3.8) is 0 Å². The van der Waals surface area contributed by atoms with Crippen molar-refractivity contribution in [3.05, 3.63) is 65.7 Å². The molecule has 0 unspecified atom stereocenters. The van der Waals surface area contributed by atoms with E-state index in [0.29, 0.717) is 37.2 Å². The van der Waals surface area contributed by atoms with Crippen LogP contribution in [-0.2, 0) is 4.79 Å². The highest BCUT2D eigenvalue weighted by atomic mass is 16.5. The van der Waals surface area contributed by atoms with E-state index in [2.05, 4.69) is 0 Å². The Hall–Kier alpha value is -3.15. The first-order chi connectivity index (χ1) is 13.0. The van der Waals surface area contributed by atoms with Gasteiger partial charge in [-0.1, -0.05) is 30.3 Å². The van der Waals surface area contributed by atoms with Gasteiger partial charge in [-0.25, -0.2) is 0 Å². The van der Waals surface area contributed by atoms with Gasteiger partial charge in [0.1, 0.15) is 5.75 Å². The van der Waals surface area contributed by atoms with Crippen molar-refractivity contribution in [2.24, 2.45) is 11.7 Å². The van der Waals surface area contributed by atoms with Gasteiger partial charge >= 0.3 is 0 Å². The van der Waals surface area contributed by atoms with Crippen LogP contribution in [0.5, 0.6) is 5.75 Å². The number of primary amides is 1. The number of benzene rings is 2.